The predicted molar refractivity (Wildman–Crippen MR) is 73.1 cm³/mol. The van der Waals surface area contributed by atoms with Gasteiger partial charge in [0.1, 0.15) is 0 Å². The van der Waals surface area contributed by atoms with Crippen molar-refractivity contribution in [2.45, 2.75) is 4.90 Å². The van der Waals surface area contributed by atoms with E-state index in [1.807, 2.05) is 6.07 Å². The molecule has 0 aliphatic carbocycles. The van der Waals surface area contributed by atoms with Crippen LogP contribution in [0.5, 0.6) is 0 Å². The Balaban J connectivity index is 1.94. The zero-order valence-corrected chi connectivity index (χ0v) is 11.3. The Labute approximate surface area is 116 Å². The Kier molecular flexibility index (Phi) is 4.81. The minimum absolute atomic E-state index is 0.0626. The minimum atomic E-state index is -0.470. The van der Waals surface area contributed by atoms with E-state index >= 15 is 0 Å². The third-order valence-electron chi connectivity index (χ3n) is 2.87. The lowest BCUT2D eigenvalue weighted by molar-refractivity contribution is -0.132. The van der Waals surface area contributed by atoms with E-state index in [-0.39, 0.29) is 5.91 Å². The van der Waals surface area contributed by atoms with E-state index in [0.29, 0.717) is 37.6 Å². The van der Waals surface area contributed by atoms with Crippen molar-refractivity contribution in [1.29, 1.82) is 0 Å². The Hall–Kier alpha value is -1.53. The summed E-state index contributed by atoms with van der Waals surface area (Å²) in [5.74, 6) is -0.0981. The second-order valence-corrected chi connectivity index (χ2v) is 5.16. The highest BCUT2D eigenvalue weighted by Crippen LogP contribution is 2.22. The molecule has 6 heteroatoms. The fourth-order valence-corrected chi connectivity index (χ4v) is 2.80. The molecule has 1 aliphatic heterocycles. The van der Waals surface area contributed by atoms with Gasteiger partial charge in [0.15, 0.2) is 0 Å². The highest BCUT2D eigenvalue weighted by Gasteiger charge is 2.17. The zero-order valence-electron chi connectivity index (χ0n) is 10.5. The van der Waals surface area contributed by atoms with E-state index in [9.17, 15) is 9.59 Å². The Bertz CT molecular complexity index is 473. The number of amides is 2. The molecule has 0 bridgehead atoms. The van der Waals surface area contributed by atoms with Crippen LogP contribution in [0, 0.1) is 0 Å². The standard InChI is InChI=1S/C13H16N2O3S/c14-13(17)10-3-1-2-4-11(10)19-9-12(16)15-5-7-18-8-6-15/h1-4H,5-9H2,(H2,14,17). The number of hydrogen-bond donors (Lipinski definition) is 1. The van der Waals surface area contributed by atoms with E-state index < -0.39 is 5.91 Å². The van der Waals surface area contributed by atoms with Crippen LogP contribution in [-0.4, -0.2) is 48.8 Å². The van der Waals surface area contributed by atoms with Crippen LogP contribution < -0.4 is 5.73 Å². The number of carbonyl (C=O) groups excluding carboxylic acids is 2. The van der Waals surface area contributed by atoms with Crippen molar-refractivity contribution >= 4 is 23.6 Å². The number of primary amides is 1. The van der Waals surface area contributed by atoms with E-state index in [4.69, 9.17) is 10.5 Å². The summed E-state index contributed by atoms with van der Waals surface area (Å²) in [6, 6.07) is 7.06. The molecule has 102 valence electrons. The molecule has 1 aliphatic rings. The second kappa shape index (κ2) is 6.58. The molecular weight excluding hydrogens is 264 g/mol. The van der Waals surface area contributed by atoms with E-state index in [1.165, 1.54) is 11.8 Å². The van der Waals surface area contributed by atoms with Gasteiger partial charge in [0, 0.05) is 18.0 Å². The summed E-state index contributed by atoms with van der Waals surface area (Å²) in [6.07, 6.45) is 0. The number of thioether (sulfide) groups is 1. The van der Waals surface area contributed by atoms with Crippen LogP contribution in [0.4, 0.5) is 0 Å². The third kappa shape index (κ3) is 3.71. The first kappa shape index (κ1) is 13.9. The molecule has 1 aromatic rings. The molecule has 0 aromatic heterocycles. The maximum absolute atomic E-state index is 12.0. The highest BCUT2D eigenvalue weighted by atomic mass is 32.2. The van der Waals surface area contributed by atoms with Crippen LogP contribution in [0.3, 0.4) is 0 Å². The first-order valence-electron chi connectivity index (χ1n) is 6.05. The molecule has 1 heterocycles. The Morgan fingerprint density at radius 1 is 1.26 bits per heavy atom. The summed E-state index contributed by atoms with van der Waals surface area (Å²) in [5.41, 5.74) is 5.76. The molecule has 19 heavy (non-hydrogen) atoms. The quantitative estimate of drug-likeness (QED) is 0.826. The van der Waals surface area contributed by atoms with Gasteiger partial charge in [0.25, 0.3) is 0 Å². The van der Waals surface area contributed by atoms with Crippen molar-refractivity contribution in [2.75, 3.05) is 32.1 Å². The van der Waals surface area contributed by atoms with Crippen LogP contribution in [0.25, 0.3) is 0 Å². The Morgan fingerprint density at radius 3 is 2.63 bits per heavy atom. The highest BCUT2D eigenvalue weighted by molar-refractivity contribution is 8.00. The molecule has 1 saturated heterocycles. The van der Waals surface area contributed by atoms with Gasteiger partial charge < -0.3 is 15.4 Å². The van der Waals surface area contributed by atoms with Gasteiger partial charge in [0.2, 0.25) is 11.8 Å². The lowest BCUT2D eigenvalue weighted by Crippen LogP contribution is -2.41. The number of morpholine rings is 1. The number of ether oxygens (including phenoxy) is 1. The van der Waals surface area contributed by atoms with Crippen LogP contribution in [0.15, 0.2) is 29.2 Å². The summed E-state index contributed by atoms with van der Waals surface area (Å²) >= 11 is 1.34. The molecule has 5 nitrogen and oxygen atoms in total. The van der Waals surface area contributed by atoms with Crippen LogP contribution >= 0.6 is 11.8 Å². The monoisotopic (exact) mass is 280 g/mol. The van der Waals surface area contributed by atoms with Gasteiger partial charge in [-0.1, -0.05) is 12.1 Å². The van der Waals surface area contributed by atoms with Gasteiger partial charge in [-0.05, 0) is 12.1 Å². The number of benzene rings is 1. The van der Waals surface area contributed by atoms with E-state index in [1.54, 1.807) is 23.1 Å². The normalized spacial score (nSPS) is 15.3. The van der Waals surface area contributed by atoms with Gasteiger partial charge in [-0.15, -0.1) is 11.8 Å². The number of nitrogens with two attached hydrogens (primary N) is 1. The van der Waals surface area contributed by atoms with Crippen molar-refractivity contribution in [3.05, 3.63) is 29.8 Å². The summed E-state index contributed by atoms with van der Waals surface area (Å²) in [7, 11) is 0. The van der Waals surface area contributed by atoms with Crippen LogP contribution in [0.2, 0.25) is 0 Å². The maximum Gasteiger partial charge on any atom is 0.249 e. The largest absolute Gasteiger partial charge is 0.378 e. The molecular formula is C13H16N2O3S. The molecule has 0 atom stereocenters. The molecule has 1 aromatic carbocycles. The maximum atomic E-state index is 12.0. The van der Waals surface area contributed by atoms with E-state index in [0.717, 1.165) is 4.90 Å². The first-order valence-corrected chi connectivity index (χ1v) is 7.04. The van der Waals surface area contributed by atoms with E-state index in [2.05, 4.69) is 0 Å². The van der Waals surface area contributed by atoms with Gasteiger partial charge in [-0.3, -0.25) is 9.59 Å². The zero-order chi connectivity index (χ0) is 13.7. The molecule has 2 amide bonds. The fourth-order valence-electron chi connectivity index (χ4n) is 1.84. The molecule has 0 saturated carbocycles. The van der Waals surface area contributed by atoms with Crippen molar-refractivity contribution in [1.82, 2.24) is 4.90 Å². The number of carbonyl (C=O) groups is 2. The second-order valence-electron chi connectivity index (χ2n) is 4.14. The lowest BCUT2D eigenvalue weighted by atomic mass is 10.2. The summed E-state index contributed by atoms with van der Waals surface area (Å²) < 4.78 is 5.20. The Morgan fingerprint density at radius 2 is 1.95 bits per heavy atom. The average molecular weight is 280 g/mol. The molecule has 0 radical (unpaired) electrons. The van der Waals surface area contributed by atoms with Gasteiger partial charge in [0.05, 0.1) is 24.5 Å². The minimum Gasteiger partial charge on any atom is -0.378 e. The molecule has 1 fully saturated rings. The van der Waals surface area contributed by atoms with Crippen molar-refractivity contribution < 1.29 is 14.3 Å². The number of hydrogen-bond acceptors (Lipinski definition) is 4. The predicted octanol–water partition coefficient (Wildman–Crippen LogP) is 0.736. The lowest BCUT2D eigenvalue weighted by Gasteiger charge is -2.26. The number of rotatable bonds is 4. The van der Waals surface area contributed by atoms with Gasteiger partial charge in [-0.2, -0.15) is 0 Å². The average Bonchev–Trinajstić information content (AvgIpc) is 2.46. The van der Waals surface area contributed by atoms with Gasteiger partial charge in [-0.25, -0.2) is 0 Å². The van der Waals surface area contributed by atoms with Gasteiger partial charge >= 0.3 is 0 Å². The summed E-state index contributed by atoms with van der Waals surface area (Å²) in [5, 5.41) is 0. The van der Waals surface area contributed by atoms with Crippen molar-refractivity contribution in [3.8, 4) is 0 Å². The SMILES string of the molecule is NC(=O)c1ccccc1SCC(=O)N1CCOCC1. The molecule has 0 spiro atoms. The molecule has 0 unspecified atom stereocenters. The van der Waals surface area contributed by atoms with Crippen LogP contribution in [0.1, 0.15) is 10.4 Å². The van der Waals surface area contributed by atoms with Crippen molar-refractivity contribution in [3.63, 3.8) is 0 Å². The smallest absolute Gasteiger partial charge is 0.249 e. The fraction of sp³-hybridized carbons (Fsp3) is 0.385. The third-order valence-corrected chi connectivity index (χ3v) is 3.93. The molecule has 2 N–H and O–H groups in total. The van der Waals surface area contributed by atoms with Crippen LogP contribution in [-0.2, 0) is 9.53 Å². The molecule has 2 rings (SSSR count). The van der Waals surface area contributed by atoms with Crippen molar-refractivity contribution in [2.24, 2.45) is 5.73 Å². The number of nitrogens with zero attached hydrogens (tertiary/aromatic N) is 1. The summed E-state index contributed by atoms with van der Waals surface area (Å²) in [6.45, 7) is 2.45. The summed E-state index contributed by atoms with van der Waals surface area (Å²) in [4.78, 5) is 25.8. The first-order chi connectivity index (χ1) is 9.18. The topological polar surface area (TPSA) is 72.6 Å².